The fourth-order valence-corrected chi connectivity index (χ4v) is 1.75. The van der Waals surface area contributed by atoms with Gasteiger partial charge in [0.15, 0.2) is 0 Å². The van der Waals surface area contributed by atoms with Crippen LogP contribution in [0.3, 0.4) is 0 Å². The first-order valence-corrected chi connectivity index (χ1v) is 5.78. The lowest BCUT2D eigenvalue weighted by molar-refractivity contribution is 0.127. The summed E-state index contributed by atoms with van der Waals surface area (Å²) in [6.07, 6.45) is 1.57. The van der Waals surface area contributed by atoms with Crippen LogP contribution in [-0.2, 0) is 25.4 Å². The largest absolute Gasteiger partial charge is 0.383 e. The van der Waals surface area contributed by atoms with E-state index in [1.54, 1.807) is 20.4 Å². The van der Waals surface area contributed by atoms with Crippen molar-refractivity contribution >= 4 is 0 Å². The van der Waals surface area contributed by atoms with Gasteiger partial charge in [0.05, 0.1) is 6.61 Å². The van der Waals surface area contributed by atoms with Gasteiger partial charge in [-0.25, -0.2) is 4.79 Å². The van der Waals surface area contributed by atoms with Gasteiger partial charge in [-0.2, -0.15) is 0 Å². The highest BCUT2D eigenvalue weighted by Crippen LogP contribution is 2.03. The molecule has 1 aromatic rings. The number of methoxy groups -OCH3 is 1. The SMILES string of the molecule is COCC(C)(C)NCc1cn(C)c(=O)n(C)c1=O. The molecular weight excluding hydrogens is 234 g/mol. The first kappa shape index (κ1) is 14.7. The summed E-state index contributed by atoms with van der Waals surface area (Å²) in [5.74, 6) is 0. The molecule has 0 saturated carbocycles. The summed E-state index contributed by atoms with van der Waals surface area (Å²) in [5.41, 5.74) is -0.253. The molecule has 0 atom stereocenters. The lowest BCUT2D eigenvalue weighted by Crippen LogP contribution is -2.45. The molecule has 0 unspecified atom stereocenters. The quantitative estimate of drug-likeness (QED) is 0.777. The highest BCUT2D eigenvalue weighted by molar-refractivity contribution is 5.06. The maximum Gasteiger partial charge on any atom is 0.330 e. The van der Waals surface area contributed by atoms with Crippen molar-refractivity contribution in [3.05, 3.63) is 32.6 Å². The number of hydrogen-bond donors (Lipinski definition) is 1. The summed E-state index contributed by atoms with van der Waals surface area (Å²) in [6.45, 7) is 4.92. The van der Waals surface area contributed by atoms with Crippen LogP contribution in [0.4, 0.5) is 0 Å². The van der Waals surface area contributed by atoms with Gasteiger partial charge in [-0.1, -0.05) is 0 Å². The second kappa shape index (κ2) is 5.49. The Morgan fingerprint density at radius 2 is 1.94 bits per heavy atom. The van der Waals surface area contributed by atoms with Gasteiger partial charge < -0.3 is 14.6 Å². The van der Waals surface area contributed by atoms with Crippen molar-refractivity contribution in [2.75, 3.05) is 13.7 Å². The number of ether oxygens (including phenoxy) is 1. The summed E-state index contributed by atoms with van der Waals surface area (Å²) in [5, 5.41) is 3.24. The van der Waals surface area contributed by atoms with Gasteiger partial charge in [-0.15, -0.1) is 0 Å². The normalized spacial score (nSPS) is 11.8. The van der Waals surface area contributed by atoms with E-state index in [0.717, 1.165) is 4.57 Å². The first-order valence-electron chi connectivity index (χ1n) is 5.78. The van der Waals surface area contributed by atoms with E-state index in [9.17, 15) is 9.59 Å². The molecule has 6 heteroatoms. The Labute approximate surface area is 106 Å². The molecule has 0 spiro atoms. The molecule has 0 saturated heterocycles. The molecule has 0 aliphatic rings. The standard InChI is InChI=1S/C12H21N3O3/c1-12(2,8-18-5)13-6-9-7-14(3)11(17)15(4)10(9)16/h7,13H,6,8H2,1-5H3. The molecule has 102 valence electrons. The van der Waals surface area contributed by atoms with Crippen molar-refractivity contribution in [1.82, 2.24) is 14.5 Å². The first-order chi connectivity index (χ1) is 8.28. The van der Waals surface area contributed by atoms with Crippen LogP contribution in [0.25, 0.3) is 0 Å². The van der Waals surface area contributed by atoms with E-state index in [0.29, 0.717) is 18.7 Å². The predicted molar refractivity (Wildman–Crippen MR) is 69.7 cm³/mol. The zero-order valence-corrected chi connectivity index (χ0v) is 11.6. The number of nitrogens with one attached hydrogen (secondary N) is 1. The van der Waals surface area contributed by atoms with Crippen LogP contribution in [0.2, 0.25) is 0 Å². The van der Waals surface area contributed by atoms with Crippen molar-refractivity contribution in [3.63, 3.8) is 0 Å². The zero-order chi connectivity index (χ0) is 13.9. The number of rotatable bonds is 5. The van der Waals surface area contributed by atoms with Gasteiger partial charge in [-0.05, 0) is 13.8 Å². The smallest absolute Gasteiger partial charge is 0.330 e. The maximum atomic E-state index is 11.9. The van der Waals surface area contributed by atoms with Crippen molar-refractivity contribution in [2.24, 2.45) is 14.1 Å². The van der Waals surface area contributed by atoms with Crippen LogP contribution in [0, 0.1) is 0 Å². The third-order valence-corrected chi connectivity index (χ3v) is 2.78. The summed E-state index contributed by atoms with van der Waals surface area (Å²) >= 11 is 0. The molecular formula is C12H21N3O3. The van der Waals surface area contributed by atoms with Crippen LogP contribution in [0.1, 0.15) is 19.4 Å². The molecule has 0 radical (unpaired) electrons. The fourth-order valence-electron chi connectivity index (χ4n) is 1.75. The Hall–Kier alpha value is -1.40. The molecule has 6 nitrogen and oxygen atoms in total. The Morgan fingerprint density at radius 1 is 1.33 bits per heavy atom. The van der Waals surface area contributed by atoms with Gasteiger partial charge in [0, 0.05) is 45.0 Å². The number of hydrogen-bond acceptors (Lipinski definition) is 4. The van der Waals surface area contributed by atoms with Crippen LogP contribution in [0.5, 0.6) is 0 Å². The molecule has 0 aliphatic heterocycles. The second-order valence-electron chi connectivity index (χ2n) is 5.08. The number of aryl methyl sites for hydroxylation is 1. The van der Waals surface area contributed by atoms with Crippen LogP contribution in [-0.4, -0.2) is 28.4 Å². The zero-order valence-electron chi connectivity index (χ0n) is 11.6. The van der Waals surface area contributed by atoms with Gasteiger partial charge in [-0.3, -0.25) is 9.36 Å². The monoisotopic (exact) mass is 255 g/mol. The Balaban J connectivity index is 2.94. The van der Waals surface area contributed by atoms with Crippen LogP contribution >= 0.6 is 0 Å². The molecule has 1 heterocycles. The number of nitrogens with zero attached hydrogens (tertiary/aromatic N) is 2. The minimum atomic E-state index is -0.320. The molecule has 0 amide bonds. The molecule has 0 aromatic carbocycles. The lowest BCUT2D eigenvalue weighted by Gasteiger charge is -2.25. The molecule has 1 rings (SSSR count). The third kappa shape index (κ3) is 3.30. The Kier molecular flexibility index (Phi) is 4.48. The lowest BCUT2D eigenvalue weighted by atomic mass is 10.1. The van der Waals surface area contributed by atoms with E-state index >= 15 is 0 Å². The van der Waals surface area contributed by atoms with E-state index in [-0.39, 0.29) is 16.8 Å². The van der Waals surface area contributed by atoms with E-state index in [2.05, 4.69) is 5.32 Å². The molecule has 0 fully saturated rings. The van der Waals surface area contributed by atoms with Crippen LogP contribution in [0.15, 0.2) is 15.8 Å². The average molecular weight is 255 g/mol. The average Bonchev–Trinajstić information content (AvgIpc) is 2.29. The van der Waals surface area contributed by atoms with Gasteiger partial charge in [0.2, 0.25) is 0 Å². The summed E-state index contributed by atoms with van der Waals surface area (Å²) in [6, 6.07) is 0. The summed E-state index contributed by atoms with van der Waals surface area (Å²) in [7, 11) is 4.74. The minimum Gasteiger partial charge on any atom is -0.383 e. The maximum absolute atomic E-state index is 11.9. The predicted octanol–water partition coefficient (Wildman–Crippen LogP) is -0.401. The summed E-state index contributed by atoms with van der Waals surface area (Å²) in [4.78, 5) is 23.4. The van der Waals surface area contributed by atoms with E-state index < -0.39 is 0 Å². The topological polar surface area (TPSA) is 65.3 Å². The van der Waals surface area contributed by atoms with Crippen molar-refractivity contribution in [2.45, 2.75) is 25.9 Å². The molecule has 0 aliphatic carbocycles. The van der Waals surface area contributed by atoms with Gasteiger partial charge >= 0.3 is 5.69 Å². The Bertz CT molecular complexity index is 528. The summed E-state index contributed by atoms with van der Waals surface area (Å²) < 4.78 is 7.61. The molecule has 18 heavy (non-hydrogen) atoms. The van der Waals surface area contributed by atoms with Crippen LogP contribution < -0.4 is 16.6 Å². The number of aromatic nitrogens is 2. The van der Waals surface area contributed by atoms with Crippen molar-refractivity contribution in [1.29, 1.82) is 0 Å². The van der Waals surface area contributed by atoms with E-state index in [1.165, 1.54) is 11.6 Å². The third-order valence-electron chi connectivity index (χ3n) is 2.78. The molecule has 1 N–H and O–H groups in total. The molecule has 0 bridgehead atoms. The molecule has 1 aromatic heterocycles. The van der Waals surface area contributed by atoms with E-state index in [1.807, 2.05) is 13.8 Å². The highest BCUT2D eigenvalue weighted by atomic mass is 16.5. The highest BCUT2D eigenvalue weighted by Gasteiger charge is 2.17. The van der Waals surface area contributed by atoms with E-state index in [4.69, 9.17) is 4.74 Å². The minimum absolute atomic E-state index is 0.228. The second-order valence-corrected chi connectivity index (χ2v) is 5.08. The van der Waals surface area contributed by atoms with Crippen molar-refractivity contribution < 1.29 is 4.74 Å². The van der Waals surface area contributed by atoms with Gasteiger partial charge in [0.25, 0.3) is 5.56 Å². The van der Waals surface area contributed by atoms with Gasteiger partial charge in [0.1, 0.15) is 0 Å². The Morgan fingerprint density at radius 3 is 2.50 bits per heavy atom. The fraction of sp³-hybridized carbons (Fsp3) is 0.667. The van der Waals surface area contributed by atoms with Crippen molar-refractivity contribution in [3.8, 4) is 0 Å².